The van der Waals surface area contributed by atoms with E-state index in [9.17, 15) is 14.9 Å². The van der Waals surface area contributed by atoms with Crippen LogP contribution in [0.2, 0.25) is 0 Å². The van der Waals surface area contributed by atoms with Gasteiger partial charge in [0.25, 0.3) is 5.69 Å². The van der Waals surface area contributed by atoms with Gasteiger partial charge in [0.05, 0.1) is 23.6 Å². The molecule has 0 fully saturated rings. The molecule has 4 rings (SSSR count). The van der Waals surface area contributed by atoms with E-state index in [0.29, 0.717) is 18.4 Å². The van der Waals surface area contributed by atoms with Crippen LogP contribution in [0.3, 0.4) is 0 Å². The number of non-ortho nitro benzene ring substituents is 1. The lowest BCUT2D eigenvalue weighted by Crippen LogP contribution is -2.52. The number of carbonyl (C=O) groups excluding carboxylic acids is 1. The molecule has 0 aliphatic heterocycles. The number of nitro benzene ring substituents is 1. The highest BCUT2D eigenvalue weighted by atomic mass is 16.6. The van der Waals surface area contributed by atoms with E-state index in [2.05, 4.69) is 35.4 Å². The van der Waals surface area contributed by atoms with Gasteiger partial charge in [-0.1, -0.05) is 60.7 Å². The summed E-state index contributed by atoms with van der Waals surface area (Å²) in [5.41, 5.74) is 9.00. The fourth-order valence-corrected chi connectivity index (χ4v) is 4.01. The Bertz CT molecular complexity index is 1490. The molecule has 1 aromatic heterocycles. The number of nitro groups is 1. The largest absolute Gasteiger partial charge is 0.361 e. The van der Waals surface area contributed by atoms with Crippen molar-refractivity contribution >= 4 is 34.2 Å². The first-order valence-electron chi connectivity index (χ1n) is 13.2. The van der Waals surface area contributed by atoms with E-state index in [1.807, 2.05) is 42.6 Å². The first-order valence-corrected chi connectivity index (χ1v) is 13.2. The molecule has 0 saturated heterocycles. The van der Waals surface area contributed by atoms with E-state index in [4.69, 9.17) is 16.6 Å². The fraction of sp³-hybridized carbons (Fsp3) is 0.258. The topological polar surface area (TPSA) is 165 Å². The van der Waals surface area contributed by atoms with Gasteiger partial charge >= 0.3 is 0 Å². The van der Waals surface area contributed by atoms with Crippen LogP contribution in [-0.2, 0) is 17.8 Å². The first-order chi connectivity index (χ1) is 19.5. The number of amidine groups is 2. The number of nitrogens with one attached hydrogen (secondary N) is 4. The van der Waals surface area contributed by atoms with E-state index in [-0.39, 0.29) is 30.4 Å². The maximum Gasteiger partial charge on any atom is 0.269 e. The maximum absolute atomic E-state index is 12.1. The summed E-state index contributed by atoms with van der Waals surface area (Å²) in [4.78, 5) is 27.1. The van der Waals surface area contributed by atoms with Crippen molar-refractivity contribution in [3.05, 3.63) is 112 Å². The Labute approximate surface area is 239 Å². The zero-order valence-electron chi connectivity index (χ0n) is 23.6. The van der Waals surface area contributed by atoms with Gasteiger partial charge in [0, 0.05) is 35.7 Å². The highest BCUT2D eigenvalue weighted by Crippen LogP contribution is 2.16. The number of benzene rings is 3. The molecule has 1 amide bonds. The van der Waals surface area contributed by atoms with Crippen LogP contribution in [-0.4, -0.2) is 44.5 Å². The second-order valence-corrected chi connectivity index (χ2v) is 10.3. The molecule has 0 spiro atoms. The number of hydrogen-bond donors (Lipinski definition) is 5. The van der Waals surface area contributed by atoms with E-state index >= 15 is 0 Å². The summed E-state index contributed by atoms with van der Waals surface area (Å²) in [7, 11) is 0. The summed E-state index contributed by atoms with van der Waals surface area (Å²) in [6.07, 6.45) is 3.06. The Morgan fingerprint density at radius 3 is 2.22 bits per heavy atom. The fourth-order valence-electron chi connectivity index (χ4n) is 4.01. The lowest BCUT2D eigenvalue weighted by Gasteiger charge is -2.27. The maximum atomic E-state index is 12.1. The van der Waals surface area contributed by atoms with Crippen LogP contribution in [0.25, 0.3) is 10.9 Å². The molecule has 4 aromatic rings. The molecule has 0 atom stereocenters. The molecular formula is C31H37N7O3. The van der Waals surface area contributed by atoms with Crippen molar-refractivity contribution in [1.29, 1.82) is 10.8 Å². The van der Waals surface area contributed by atoms with Gasteiger partial charge in [0.15, 0.2) is 0 Å². The first kappa shape index (κ1) is 30.7. The summed E-state index contributed by atoms with van der Waals surface area (Å²) in [6, 6.07) is 24.0. The van der Waals surface area contributed by atoms with E-state index in [1.165, 1.54) is 33.5 Å². The molecule has 3 aromatic carbocycles. The van der Waals surface area contributed by atoms with Crippen molar-refractivity contribution in [3.63, 3.8) is 0 Å². The minimum Gasteiger partial charge on any atom is -0.361 e. The number of aryl methyl sites for hydroxylation is 2. The molecule has 0 saturated carbocycles. The molecule has 10 nitrogen and oxygen atoms in total. The summed E-state index contributed by atoms with van der Waals surface area (Å²) in [5, 5.41) is 31.8. The average Bonchev–Trinajstić information content (AvgIpc) is 3.34. The van der Waals surface area contributed by atoms with Crippen molar-refractivity contribution < 1.29 is 9.72 Å². The molecule has 0 aliphatic carbocycles. The van der Waals surface area contributed by atoms with Gasteiger partial charge in [-0.2, -0.15) is 0 Å². The predicted octanol–water partition coefficient (Wildman–Crippen LogP) is 5.31. The van der Waals surface area contributed by atoms with Gasteiger partial charge in [-0.05, 0) is 49.9 Å². The van der Waals surface area contributed by atoms with E-state index in [1.54, 1.807) is 26.0 Å². The Morgan fingerprint density at radius 1 is 0.976 bits per heavy atom. The summed E-state index contributed by atoms with van der Waals surface area (Å²) in [6.45, 7) is 5.36. The van der Waals surface area contributed by atoms with Gasteiger partial charge in [0.2, 0.25) is 5.91 Å². The number of carbonyl (C=O) groups is 1. The highest BCUT2D eigenvalue weighted by Gasteiger charge is 2.23. The number of aromatic nitrogens is 1. The molecule has 1 heterocycles. The third-order valence-electron chi connectivity index (χ3n) is 6.43. The number of nitrogens with two attached hydrogens (primary N) is 1. The molecule has 0 bridgehead atoms. The normalized spacial score (nSPS) is 10.8. The number of para-hydroxylation sites is 1. The van der Waals surface area contributed by atoms with Gasteiger partial charge in [-0.3, -0.25) is 25.7 Å². The second-order valence-electron chi connectivity index (χ2n) is 10.3. The van der Waals surface area contributed by atoms with Crippen LogP contribution in [0.4, 0.5) is 5.69 Å². The minimum absolute atomic E-state index is 0.0260. The smallest absolute Gasteiger partial charge is 0.269 e. The van der Waals surface area contributed by atoms with E-state index in [0.717, 1.165) is 5.56 Å². The Balaban J connectivity index is 0.000000382. The zero-order chi connectivity index (χ0) is 30.0. The lowest BCUT2D eigenvalue weighted by atomic mass is 10.1. The molecule has 41 heavy (non-hydrogen) atoms. The van der Waals surface area contributed by atoms with Crippen LogP contribution < -0.4 is 11.1 Å². The van der Waals surface area contributed by atoms with Gasteiger partial charge in [-0.25, -0.2) is 0 Å². The summed E-state index contributed by atoms with van der Waals surface area (Å²) in [5.74, 6) is -0.147. The van der Waals surface area contributed by atoms with Crippen molar-refractivity contribution in [3.8, 4) is 0 Å². The van der Waals surface area contributed by atoms with Crippen LogP contribution in [0.5, 0.6) is 0 Å². The van der Waals surface area contributed by atoms with Crippen molar-refractivity contribution in [1.82, 2.24) is 15.2 Å². The zero-order valence-corrected chi connectivity index (χ0v) is 23.6. The monoisotopic (exact) mass is 555 g/mol. The SMILES string of the molecule is CC(C)(N)C(=O)NCC(=N)N(Cc1ccc([N+](=O)[O-])cc1)C(=N)CCc1ccccc1.Cc1c[nH]c2ccccc12. The van der Waals surface area contributed by atoms with Crippen molar-refractivity contribution in [2.24, 2.45) is 5.73 Å². The van der Waals surface area contributed by atoms with Crippen LogP contribution >= 0.6 is 0 Å². The molecule has 6 N–H and O–H groups in total. The number of nitrogens with zero attached hydrogens (tertiary/aromatic N) is 2. The van der Waals surface area contributed by atoms with Gasteiger partial charge < -0.3 is 20.9 Å². The highest BCUT2D eigenvalue weighted by molar-refractivity contribution is 6.00. The van der Waals surface area contributed by atoms with Gasteiger partial charge in [0.1, 0.15) is 11.7 Å². The number of aromatic amines is 1. The average molecular weight is 556 g/mol. The standard InChI is InChI=1S/C22H28N6O3.C9H9N/c1-22(2,25)21(29)26-14-20(24)27(15-17-8-11-18(12-9-17)28(30)31)19(23)13-10-16-6-4-3-5-7-16;1-7-6-10-9-5-3-2-4-8(7)9/h3-9,11-12,23-24H,10,13-15,25H2,1-2H3,(H,26,29);2-6,10H,1H3. The van der Waals surface area contributed by atoms with Crippen LogP contribution in [0.1, 0.15) is 37.0 Å². The minimum atomic E-state index is -1.08. The lowest BCUT2D eigenvalue weighted by molar-refractivity contribution is -0.384. The predicted molar refractivity (Wildman–Crippen MR) is 163 cm³/mol. The Kier molecular flexibility index (Phi) is 10.5. The summed E-state index contributed by atoms with van der Waals surface area (Å²) >= 11 is 0. The van der Waals surface area contributed by atoms with Gasteiger partial charge in [-0.15, -0.1) is 0 Å². The molecule has 10 heteroatoms. The summed E-state index contributed by atoms with van der Waals surface area (Å²) < 4.78 is 0. The number of rotatable bonds is 9. The Morgan fingerprint density at radius 2 is 1.61 bits per heavy atom. The van der Waals surface area contributed by atoms with E-state index < -0.39 is 16.4 Å². The quantitative estimate of drug-likeness (QED) is 0.0815. The number of H-pyrrole nitrogens is 1. The Hall–Kier alpha value is -4.83. The molecule has 0 unspecified atom stereocenters. The van der Waals surface area contributed by atoms with Crippen LogP contribution in [0.15, 0.2) is 85.1 Å². The molecule has 0 radical (unpaired) electrons. The number of hydrogen-bond acceptors (Lipinski definition) is 6. The second kappa shape index (κ2) is 14.0. The number of amides is 1. The number of fused-ring (bicyclic) bond motifs is 1. The van der Waals surface area contributed by atoms with Crippen molar-refractivity contribution in [2.75, 3.05) is 6.54 Å². The molecule has 214 valence electrons. The van der Waals surface area contributed by atoms with Crippen molar-refractivity contribution in [2.45, 2.75) is 45.7 Å². The third kappa shape index (κ3) is 9.11. The third-order valence-corrected chi connectivity index (χ3v) is 6.43. The van der Waals surface area contributed by atoms with Crippen LogP contribution in [0, 0.1) is 27.9 Å². The molecule has 0 aliphatic rings. The molecular weight excluding hydrogens is 518 g/mol.